The minimum absolute atomic E-state index is 0.0996. The van der Waals surface area contributed by atoms with Crippen molar-refractivity contribution in [2.45, 2.75) is 37.5 Å². The highest BCUT2D eigenvalue weighted by Gasteiger charge is 2.61. The van der Waals surface area contributed by atoms with Crippen LogP contribution in [0.2, 0.25) is 0 Å². The zero-order chi connectivity index (χ0) is 34.0. The van der Waals surface area contributed by atoms with Gasteiger partial charge in [-0.05, 0) is 148 Å². The summed E-state index contributed by atoms with van der Waals surface area (Å²) in [7, 11) is 0. The summed E-state index contributed by atoms with van der Waals surface area (Å²) in [5, 5.41) is 4.80. The maximum Gasteiger partial charge on any atom is 0.137 e. The van der Waals surface area contributed by atoms with Gasteiger partial charge in [-0.15, -0.1) is 0 Å². The second-order valence-corrected chi connectivity index (χ2v) is 16.2. The minimum Gasteiger partial charge on any atom is -0.456 e. The van der Waals surface area contributed by atoms with Crippen molar-refractivity contribution in [2.24, 2.45) is 23.7 Å². The van der Waals surface area contributed by atoms with Crippen molar-refractivity contribution >= 4 is 49.8 Å². The molecule has 1 aromatic heterocycles. The highest BCUT2D eigenvalue weighted by atomic mass is 16.3. The number of para-hydroxylation sites is 1. The number of hydrogen-bond donors (Lipinski definition) is 0. The van der Waals surface area contributed by atoms with Crippen LogP contribution < -0.4 is 4.90 Å². The van der Waals surface area contributed by atoms with E-state index in [0.29, 0.717) is 11.8 Å². The van der Waals surface area contributed by atoms with E-state index < -0.39 is 0 Å². The molecule has 7 aromatic carbocycles. The van der Waals surface area contributed by atoms with Crippen LogP contribution in [0.3, 0.4) is 0 Å². The number of hydrogen-bond acceptors (Lipinski definition) is 2. The first-order valence-electron chi connectivity index (χ1n) is 19.3. The van der Waals surface area contributed by atoms with Gasteiger partial charge in [0.25, 0.3) is 0 Å². The Balaban J connectivity index is 1.08. The highest BCUT2D eigenvalue weighted by molar-refractivity contribution is 6.06. The van der Waals surface area contributed by atoms with Crippen LogP contribution in [-0.4, -0.2) is 0 Å². The lowest BCUT2D eigenvalue weighted by molar-refractivity contribution is -0.0399. The fourth-order valence-corrected chi connectivity index (χ4v) is 11.8. The number of furan rings is 1. The van der Waals surface area contributed by atoms with Crippen LogP contribution in [0.1, 0.15) is 43.2 Å². The molecule has 52 heavy (non-hydrogen) atoms. The molecule has 250 valence electrons. The molecule has 4 saturated carbocycles. The van der Waals surface area contributed by atoms with E-state index in [1.807, 2.05) is 0 Å². The van der Waals surface area contributed by atoms with Gasteiger partial charge in [-0.3, -0.25) is 0 Å². The lowest BCUT2D eigenvalue weighted by Crippen LogP contribution is -2.55. The molecule has 0 unspecified atom stereocenters. The zero-order valence-electron chi connectivity index (χ0n) is 29.1. The van der Waals surface area contributed by atoms with Gasteiger partial charge >= 0.3 is 0 Å². The van der Waals surface area contributed by atoms with Gasteiger partial charge in [-0.25, -0.2) is 0 Å². The summed E-state index contributed by atoms with van der Waals surface area (Å²) >= 11 is 0. The van der Waals surface area contributed by atoms with Crippen molar-refractivity contribution in [1.29, 1.82) is 0 Å². The molecular formula is C50H39NO. The largest absolute Gasteiger partial charge is 0.456 e. The van der Waals surface area contributed by atoms with E-state index in [-0.39, 0.29) is 5.41 Å². The Morgan fingerprint density at radius 1 is 0.442 bits per heavy atom. The molecule has 0 N–H and O–H groups in total. The fourth-order valence-electron chi connectivity index (χ4n) is 11.8. The van der Waals surface area contributed by atoms with Gasteiger partial charge in [0.1, 0.15) is 11.2 Å². The first kappa shape index (κ1) is 29.0. The van der Waals surface area contributed by atoms with Crippen molar-refractivity contribution in [3.05, 3.63) is 163 Å². The minimum atomic E-state index is 0.0996. The summed E-state index contributed by atoms with van der Waals surface area (Å²) in [5.74, 6) is 3.25. The summed E-state index contributed by atoms with van der Waals surface area (Å²) in [6.07, 6.45) is 6.98. The molecule has 0 radical (unpaired) electrons. The van der Waals surface area contributed by atoms with E-state index in [9.17, 15) is 0 Å². The van der Waals surface area contributed by atoms with Gasteiger partial charge in [0.15, 0.2) is 0 Å². The van der Waals surface area contributed by atoms with Crippen molar-refractivity contribution in [3.63, 3.8) is 0 Å². The quantitative estimate of drug-likeness (QED) is 0.185. The summed E-state index contributed by atoms with van der Waals surface area (Å²) in [4.78, 5) is 2.44. The van der Waals surface area contributed by atoms with Gasteiger partial charge in [0.2, 0.25) is 0 Å². The Labute approximate surface area is 304 Å². The van der Waals surface area contributed by atoms with Crippen LogP contribution in [0, 0.1) is 23.7 Å². The number of anilines is 3. The SMILES string of the molecule is c1ccc(-c2ccc3c(c2)C2(c4ccc(N(c5ccc6ccccc6c5)c5ccc6c(c5)oc5ccccc56)cc4-3)C3CC4CC(C3)CC2C4)cc1. The lowest BCUT2D eigenvalue weighted by atomic mass is 9.43. The average Bonchev–Trinajstić information content (AvgIpc) is 3.70. The Morgan fingerprint density at radius 2 is 1.12 bits per heavy atom. The number of fused-ring (bicyclic) bond motifs is 7. The highest BCUT2D eigenvalue weighted by Crippen LogP contribution is 2.69. The van der Waals surface area contributed by atoms with Crippen LogP contribution in [0.15, 0.2) is 156 Å². The molecule has 4 bridgehead atoms. The fraction of sp³-hybridized carbons (Fsp3) is 0.200. The third-order valence-electron chi connectivity index (χ3n) is 13.6. The molecule has 13 rings (SSSR count). The lowest BCUT2D eigenvalue weighted by Gasteiger charge is -2.61. The van der Waals surface area contributed by atoms with Crippen molar-refractivity contribution in [2.75, 3.05) is 4.90 Å². The van der Waals surface area contributed by atoms with Crippen LogP contribution in [0.4, 0.5) is 17.1 Å². The molecular weight excluding hydrogens is 631 g/mol. The predicted octanol–water partition coefficient (Wildman–Crippen LogP) is 13.6. The molecule has 0 saturated heterocycles. The van der Waals surface area contributed by atoms with Crippen LogP contribution in [-0.2, 0) is 5.41 Å². The molecule has 1 spiro atoms. The average molecular weight is 670 g/mol. The molecule has 2 nitrogen and oxygen atoms in total. The summed E-state index contributed by atoms with van der Waals surface area (Å²) < 4.78 is 6.46. The molecule has 1 heterocycles. The molecule has 2 heteroatoms. The van der Waals surface area contributed by atoms with E-state index in [4.69, 9.17) is 4.42 Å². The van der Waals surface area contributed by atoms with E-state index in [1.165, 1.54) is 70.8 Å². The van der Waals surface area contributed by atoms with E-state index in [2.05, 4.69) is 157 Å². The maximum atomic E-state index is 6.46. The van der Waals surface area contributed by atoms with Crippen LogP contribution in [0.25, 0.3) is 55.0 Å². The smallest absolute Gasteiger partial charge is 0.137 e. The number of nitrogens with zero attached hydrogens (tertiary/aromatic N) is 1. The molecule has 4 fully saturated rings. The second kappa shape index (κ2) is 10.7. The summed E-state index contributed by atoms with van der Waals surface area (Å²) in [6.45, 7) is 0. The Morgan fingerprint density at radius 3 is 1.96 bits per heavy atom. The first-order valence-corrected chi connectivity index (χ1v) is 19.3. The van der Waals surface area contributed by atoms with Gasteiger partial charge in [0, 0.05) is 39.3 Å². The number of benzene rings is 7. The zero-order valence-corrected chi connectivity index (χ0v) is 29.1. The Hall–Kier alpha value is -5.60. The van der Waals surface area contributed by atoms with E-state index in [1.54, 1.807) is 11.1 Å². The number of rotatable bonds is 4. The van der Waals surface area contributed by atoms with Gasteiger partial charge in [-0.2, -0.15) is 0 Å². The van der Waals surface area contributed by atoms with Crippen molar-refractivity contribution < 1.29 is 4.42 Å². The molecule has 0 aliphatic heterocycles. The maximum absolute atomic E-state index is 6.46. The summed E-state index contributed by atoms with van der Waals surface area (Å²) in [6, 6.07) is 56.6. The van der Waals surface area contributed by atoms with Gasteiger partial charge in [0.05, 0.1) is 0 Å². The third kappa shape index (κ3) is 4.01. The summed E-state index contributed by atoms with van der Waals surface area (Å²) in [5.41, 5.74) is 14.1. The van der Waals surface area contributed by atoms with Gasteiger partial charge < -0.3 is 9.32 Å². The second-order valence-electron chi connectivity index (χ2n) is 16.2. The van der Waals surface area contributed by atoms with E-state index >= 15 is 0 Å². The standard InChI is InChI=1S/C50H39NO/c1-2-8-33(9-3-1)36-15-19-42-45-29-40(18-21-46(45)50(47(42)28-36)37-23-31-22-32(25-37)26-38(50)24-31)51(39-16-14-34-10-4-5-11-35(34)27-39)41-17-20-44-43-12-6-7-13-48(43)52-49(44)30-41/h1-21,27-32,37-38H,22-26H2. The van der Waals surface area contributed by atoms with Gasteiger partial charge in [-0.1, -0.05) is 97.1 Å². The molecule has 0 atom stereocenters. The topological polar surface area (TPSA) is 16.4 Å². The predicted molar refractivity (Wildman–Crippen MR) is 215 cm³/mol. The Kier molecular flexibility index (Phi) is 5.98. The van der Waals surface area contributed by atoms with Crippen molar-refractivity contribution in [1.82, 2.24) is 0 Å². The molecule has 0 amide bonds. The Bertz CT molecular complexity index is 2690. The van der Waals surface area contributed by atoms with Crippen molar-refractivity contribution in [3.8, 4) is 22.3 Å². The monoisotopic (exact) mass is 669 g/mol. The third-order valence-corrected chi connectivity index (χ3v) is 13.6. The molecule has 5 aliphatic carbocycles. The van der Waals surface area contributed by atoms with Crippen LogP contribution >= 0.6 is 0 Å². The first-order chi connectivity index (χ1) is 25.7. The van der Waals surface area contributed by atoms with Crippen LogP contribution in [0.5, 0.6) is 0 Å². The molecule has 5 aliphatic rings. The van der Waals surface area contributed by atoms with E-state index in [0.717, 1.165) is 45.1 Å². The normalized spacial score (nSPS) is 23.8. The molecule has 8 aromatic rings.